The first-order valence-corrected chi connectivity index (χ1v) is 8.25. The molecule has 0 spiro atoms. The van der Waals surface area contributed by atoms with Gasteiger partial charge in [-0.3, -0.25) is 4.79 Å². The van der Waals surface area contributed by atoms with Crippen molar-refractivity contribution in [2.75, 3.05) is 19.6 Å². The molecule has 3 heteroatoms. The summed E-state index contributed by atoms with van der Waals surface area (Å²) in [5, 5.41) is 3.64. The minimum absolute atomic E-state index is 0.380. The highest BCUT2D eigenvalue weighted by molar-refractivity contribution is 5.78. The Morgan fingerprint density at radius 3 is 2.58 bits per heavy atom. The van der Waals surface area contributed by atoms with Crippen molar-refractivity contribution in [3.8, 4) is 0 Å². The number of carbonyl (C=O) groups excluding carboxylic acids is 1. The Balaban J connectivity index is 1.90. The van der Waals surface area contributed by atoms with E-state index in [1.807, 2.05) is 0 Å². The summed E-state index contributed by atoms with van der Waals surface area (Å²) in [7, 11) is 0. The Labute approximate surface area is 118 Å². The molecule has 0 aromatic carbocycles. The molecule has 19 heavy (non-hydrogen) atoms. The molecule has 2 atom stereocenters. The van der Waals surface area contributed by atoms with Crippen molar-refractivity contribution >= 4 is 5.91 Å². The molecule has 0 radical (unpaired) electrons. The van der Waals surface area contributed by atoms with Crippen molar-refractivity contribution in [2.24, 2.45) is 11.8 Å². The van der Waals surface area contributed by atoms with E-state index in [-0.39, 0.29) is 0 Å². The van der Waals surface area contributed by atoms with Crippen molar-refractivity contribution in [1.82, 2.24) is 10.2 Å². The summed E-state index contributed by atoms with van der Waals surface area (Å²) in [6, 6.07) is 0.518. The van der Waals surface area contributed by atoms with Gasteiger partial charge in [0.2, 0.25) is 5.91 Å². The summed E-state index contributed by atoms with van der Waals surface area (Å²) < 4.78 is 0. The summed E-state index contributed by atoms with van der Waals surface area (Å²) in [5.74, 6) is 1.76. The smallest absolute Gasteiger partial charge is 0.222 e. The van der Waals surface area contributed by atoms with E-state index in [1.54, 1.807) is 0 Å². The van der Waals surface area contributed by atoms with Crippen molar-refractivity contribution in [3.63, 3.8) is 0 Å². The fourth-order valence-corrected chi connectivity index (χ4v) is 3.72. The van der Waals surface area contributed by atoms with Gasteiger partial charge in [-0.25, -0.2) is 0 Å². The normalized spacial score (nSPS) is 26.9. The maximum absolute atomic E-state index is 12.1. The van der Waals surface area contributed by atoms with Crippen LogP contribution in [0.15, 0.2) is 0 Å². The second-order valence-corrected chi connectivity index (χ2v) is 6.34. The van der Waals surface area contributed by atoms with E-state index in [0.717, 1.165) is 38.4 Å². The first-order chi connectivity index (χ1) is 9.24. The van der Waals surface area contributed by atoms with Crippen LogP contribution in [0.2, 0.25) is 0 Å². The highest BCUT2D eigenvalue weighted by atomic mass is 16.2. The number of nitrogens with one attached hydrogen (secondary N) is 1. The van der Waals surface area contributed by atoms with Crippen LogP contribution >= 0.6 is 0 Å². The van der Waals surface area contributed by atoms with E-state index in [9.17, 15) is 4.79 Å². The minimum Gasteiger partial charge on any atom is -0.341 e. The van der Waals surface area contributed by atoms with Gasteiger partial charge in [0.15, 0.2) is 0 Å². The molecule has 1 N–H and O–H groups in total. The van der Waals surface area contributed by atoms with Gasteiger partial charge in [0, 0.05) is 25.6 Å². The molecule has 1 heterocycles. The maximum Gasteiger partial charge on any atom is 0.222 e. The van der Waals surface area contributed by atoms with Gasteiger partial charge < -0.3 is 10.2 Å². The Hall–Kier alpha value is -0.570. The molecule has 0 aromatic heterocycles. The number of amides is 1. The molecule has 1 amide bonds. The van der Waals surface area contributed by atoms with Gasteiger partial charge in [0.1, 0.15) is 0 Å². The summed E-state index contributed by atoms with van der Waals surface area (Å²) in [6.45, 7) is 7.32. The summed E-state index contributed by atoms with van der Waals surface area (Å²) >= 11 is 0. The lowest BCUT2D eigenvalue weighted by Crippen LogP contribution is -2.46. The van der Waals surface area contributed by atoms with Crippen LogP contribution < -0.4 is 5.32 Å². The lowest BCUT2D eigenvalue weighted by molar-refractivity contribution is -0.128. The number of carbonyl (C=O) groups is 1. The Bertz CT molecular complexity index is 286. The molecule has 3 nitrogen and oxygen atoms in total. The molecule has 1 saturated heterocycles. The predicted molar refractivity (Wildman–Crippen MR) is 79.0 cm³/mol. The van der Waals surface area contributed by atoms with Crippen LogP contribution in [0.3, 0.4) is 0 Å². The molecule has 2 aliphatic rings. The Morgan fingerprint density at radius 1 is 1.26 bits per heavy atom. The number of hydrogen-bond donors (Lipinski definition) is 1. The standard InChI is InChI=1S/C16H30N2O/c1-3-13-10-16(19)18(11-13)12-15(17-4-2)14-8-6-5-7-9-14/h13-15,17H,3-12H2,1-2H3. The fraction of sp³-hybridized carbons (Fsp3) is 0.938. The average molecular weight is 266 g/mol. The summed E-state index contributed by atoms with van der Waals surface area (Å²) in [4.78, 5) is 14.2. The third kappa shape index (κ3) is 3.95. The van der Waals surface area contributed by atoms with E-state index in [0.29, 0.717) is 17.9 Å². The number of likely N-dealkylation sites (tertiary alicyclic amines) is 1. The molecule has 2 unspecified atom stereocenters. The van der Waals surface area contributed by atoms with Crippen LogP contribution in [0.4, 0.5) is 0 Å². The molecular weight excluding hydrogens is 236 g/mol. The van der Waals surface area contributed by atoms with E-state index < -0.39 is 0 Å². The van der Waals surface area contributed by atoms with E-state index in [1.165, 1.54) is 32.1 Å². The van der Waals surface area contributed by atoms with Crippen LogP contribution in [-0.2, 0) is 4.79 Å². The van der Waals surface area contributed by atoms with Gasteiger partial charge in [0.25, 0.3) is 0 Å². The van der Waals surface area contributed by atoms with Crippen LogP contribution in [-0.4, -0.2) is 36.5 Å². The van der Waals surface area contributed by atoms with Gasteiger partial charge >= 0.3 is 0 Å². The Morgan fingerprint density at radius 2 is 2.00 bits per heavy atom. The number of hydrogen-bond acceptors (Lipinski definition) is 2. The second kappa shape index (κ2) is 7.28. The molecule has 0 aromatic rings. The molecule has 2 fully saturated rings. The van der Waals surface area contributed by atoms with Gasteiger partial charge in [-0.15, -0.1) is 0 Å². The van der Waals surface area contributed by atoms with Gasteiger partial charge in [-0.05, 0) is 31.2 Å². The van der Waals surface area contributed by atoms with Crippen molar-refractivity contribution in [3.05, 3.63) is 0 Å². The van der Waals surface area contributed by atoms with Crippen LogP contribution in [0.25, 0.3) is 0 Å². The molecule has 1 saturated carbocycles. The molecular formula is C16H30N2O. The molecule has 110 valence electrons. The van der Waals surface area contributed by atoms with Crippen molar-refractivity contribution in [1.29, 1.82) is 0 Å². The van der Waals surface area contributed by atoms with Gasteiger partial charge in [-0.2, -0.15) is 0 Å². The van der Waals surface area contributed by atoms with Gasteiger partial charge in [0.05, 0.1) is 0 Å². The van der Waals surface area contributed by atoms with E-state index in [2.05, 4.69) is 24.1 Å². The first-order valence-electron chi connectivity index (χ1n) is 8.25. The largest absolute Gasteiger partial charge is 0.341 e. The highest BCUT2D eigenvalue weighted by Gasteiger charge is 2.32. The molecule has 1 aliphatic carbocycles. The number of likely N-dealkylation sites (N-methyl/N-ethyl adjacent to an activating group) is 1. The van der Waals surface area contributed by atoms with Crippen LogP contribution in [0.1, 0.15) is 58.8 Å². The lowest BCUT2D eigenvalue weighted by Gasteiger charge is -2.33. The molecule has 1 aliphatic heterocycles. The highest BCUT2D eigenvalue weighted by Crippen LogP contribution is 2.28. The van der Waals surface area contributed by atoms with Crippen LogP contribution in [0, 0.1) is 11.8 Å². The second-order valence-electron chi connectivity index (χ2n) is 6.34. The zero-order valence-electron chi connectivity index (χ0n) is 12.7. The molecule has 2 rings (SSSR count). The van der Waals surface area contributed by atoms with Gasteiger partial charge in [-0.1, -0.05) is 39.5 Å². The lowest BCUT2D eigenvalue weighted by atomic mass is 9.83. The number of nitrogens with zero attached hydrogens (tertiary/aromatic N) is 1. The number of rotatable bonds is 6. The SMILES string of the molecule is CCNC(CN1CC(CC)CC1=O)C1CCCCC1. The van der Waals surface area contributed by atoms with Crippen molar-refractivity contribution in [2.45, 2.75) is 64.8 Å². The zero-order valence-corrected chi connectivity index (χ0v) is 12.7. The van der Waals surface area contributed by atoms with E-state index in [4.69, 9.17) is 0 Å². The van der Waals surface area contributed by atoms with Crippen LogP contribution in [0.5, 0.6) is 0 Å². The summed E-state index contributed by atoms with van der Waals surface area (Å²) in [5.41, 5.74) is 0. The summed E-state index contributed by atoms with van der Waals surface area (Å²) in [6.07, 6.45) is 8.75. The fourth-order valence-electron chi connectivity index (χ4n) is 3.72. The first kappa shape index (κ1) is 14.8. The zero-order chi connectivity index (χ0) is 13.7. The third-order valence-electron chi connectivity index (χ3n) is 4.97. The van der Waals surface area contributed by atoms with Crippen molar-refractivity contribution < 1.29 is 4.79 Å². The molecule has 0 bridgehead atoms. The average Bonchev–Trinajstić information content (AvgIpc) is 2.80. The topological polar surface area (TPSA) is 32.3 Å². The minimum atomic E-state index is 0.380. The maximum atomic E-state index is 12.1. The quantitative estimate of drug-likeness (QED) is 0.802. The monoisotopic (exact) mass is 266 g/mol. The predicted octanol–water partition coefficient (Wildman–Crippen LogP) is 2.80. The van der Waals surface area contributed by atoms with E-state index >= 15 is 0 Å². The Kier molecular flexibility index (Phi) is 5.68. The third-order valence-corrected chi connectivity index (χ3v) is 4.97.